The number of benzene rings is 1. The second-order valence-electron chi connectivity index (χ2n) is 5.66. The van der Waals surface area contributed by atoms with E-state index in [1.54, 1.807) is 30.4 Å². The molecule has 0 saturated carbocycles. The number of sulfonamides is 1. The Morgan fingerprint density at radius 2 is 1.70 bits per heavy atom. The van der Waals surface area contributed by atoms with Crippen LogP contribution in [0.2, 0.25) is 0 Å². The molecular weight excluding hydrogens is 316 g/mol. The largest absolute Gasteiger partial charge is 0.481 e. The zero-order valence-corrected chi connectivity index (χ0v) is 14.4. The summed E-state index contributed by atoms with van der Waals surface area (Å²) in [7, 11) is -1.91. The van der Waals surface area contributed by atoms with Crippen LogP contribution in [0.4, 0.5) is 0 Å². The zero-order valence-electron chi connectivity index (χ0n) is 13.6. The van der Waals surface area contributed by atoms with Gasteiger partial charge in [0.2, 0.25) is 10.0 Å². The average molecular weight is 340 g/mol. The van der Waals surface area contributed by atoms with Crippen LogP contribution >= 0.6 is 0 Å². The highest BCUT2D eigenvalue weighted by atomic mass is 32.2. The molecule has 23 heavy (non-hydrogen) atoms. The smallest absolute Gasteiger partial charge is 0.260 e. The molecule has 1 heterocycles. The minimum atomic E-state index is -3.45. The highest BCUT2D eigenvalue weighted by molar-refractivity contribution is 7.89. The molecular formula is C16H24N2O4S. The SMILES string of the molecule is CNC(=O)[C@H](C)Oc1ccc(S(=O)(=O)N2CCCCCC2)cc1. The lowest BCUT2D eigenvalue weighted by atomic mass is 10.2. The Kier molecular flexibility index (Phi) is 6.01. The number of ether oxygens (including phenoxy) is 1. The van der Waals surface area contributed by atoms with Gasteiger partial charge in [-0.15, -0.1) is 0 Å². The zero-order chi connectivity index (χ0) is 16.9. The first-order valence-corrected chi connectivity index (χ1v) is 9.37. The van der Waals surface area contributed by atoms with E-state index in [1.165, 1.54) is 12.1 Å². The molecule has 1 amide bonds. The molecule has 1 atom stereocenters. The van der Waals surface area contributed by atoms with Crippen molar-refractivity contribution in [3.8, 4) is 5.75 Å². The van der Waals surface area contributed by atoms with Crippen molar-refractivity contribution in [2.75, 3.05) is 20.1 Å². The minimum absolute atomic E-state index is 0.230. The van der Waals surface area contributed by atoms with Gasteiger partial charge >= 0.3 is 0 Å². The second-order valence-corrected chi connectivity index (χ2v) is 7.60. The standard InChI is InChI=1S/C16H24N2O4S/c1-13(16(19)17-2)22-14-7-9-15(10-8-14)23(20,21)18-11-5-3-4-6-12-18/h7-10,13H,3-6,11-12H2,1-2H3,(H,17,19)/t13-/m0/s1. The summed E-state index contributed by atoms with van der Waals surface area (Å²) < 4.78 is 32.3. The fraction of sp³-hybridized carbons (Fsp3) is 0.562. The minimum Gasteiger partial charge on any atom is -0.481 e. The molecule has 1 saturated heterocycles. The molecule has 0 bridgehead atoms. The van der Waals surface area contributed by atoms with E-state index in [0.717, 1.165) is 25.7 Å². The molecule has 1 fully saturated rings. The van der Waals surface area contributed by atoms with E-state index in [1.807, 2.05) is 0 Å². The highest BCUT2D eigenvalue weighted by Gasteiger charge is 2.25. The fourth-order valence-corrected chi connectivity index (χ4v) is 4.10. The molecule has 1 aromatic rings. The van der Waals surface area contributed by atoms with Crippen LogP contribution < -0.4 is 10.1 Å². The summed E-state index contributed by atoms with van der Waals surface area (Å²) in [5.74, 6) is 0.238. The summed E-state index contributed by atoms with van der Waals surface area (Å²) >= 11 is 0. The Labute approximate surface area is 137 Å². The quantitative estimate of drug-likeness (QED) is 0.886. The molecule has 0 spiro atoms. The van der Waals surface area contributed by atoms with Gasteiger partial charge in [0.25, 0.3) is 5.91 Å². The predicted molar refractivity (Wildman–Crippen MR) is 87.8 cm³/mol. The van der Waals surface area contributed by atoms with E-state index >= 15 is 0 Å². The van der Waals surface area contributed by atoms with Gasteiger partial charge in [0.15, 0.2) is 6.10 Å². The van der Waals surface area contributed by atoms with E-state index in [-0.39, 0.29) is 10.8 Å². The van der Waals surface area contributed by atoms with Gasteiger partial charge in [-0.3, -0.25) is 4.79 Å². The summed E-state index contributed by atoms with van der Waals surface area (Å²) in [6, 6.07) is 6.24. The van der Waals surface area contributed by atoms with Crippen LogP contribution in [0.25, 0.3) is 0 Å². The van der Waals surface area contributed by atoms with Crippen LogP contribution in [0, 0.1) is 0 Å². The van der Waals surface area contributed by atoms with Gasteiger partial charge in [0.05, 0.1) is 4.90 Å². The van der Waals surface area contributed by atoms with E-state index < -0.39 is 16.1 Å². The van der Waals surface area contributed by atoms with Gasteiger partial charge in [0.1, 0.15) is 5.75 Å². The number of carbonyl (C=O) groups is 1. The lowest BCUT2D eigenvalue weighted by Crippen LogP contribution is -2.33. The molecule has 0 aliphatic carbocycles. The van der Waals surface area contributed by atoms with Gasteiger partial charge in [-0.2, -0.15) is 4.31 Å². The number of hydrogen-bond acceptors (Lipinski definition) is 4. The molecule has 1 aliphatic heterocycles. The van der Waals surface area contributed by atoms with Gasteiger partial charge in [-0.1, -0.05) is 12.8 Å². The Balaban J connectivity index is 2.10. The molecule has 1 aromatic carbocycles. The molecule has 0 unspecified atom stereocenters. The summed E-state index contributed by atoms with van der Waals surface area (Å²) in [5.41, 5.74) is 0. The number of nitrogens with one attached hydrogen (secondary N) is 1. The number of carbonyl (C=O) groups excluding carboxylic acids is 1. The summed E-state index contributed by atoms with van der Waals surface area (Å²) in [4.78, 5) is 11.7. The summed E-state index contributed by atoms with van der Waals surface area (Å²) in [6.45, 7) is 2.79. The molecule has 6 nitrogen and oxygen atoms in total. The van der Waals surface area contributed by atoms with Crippen molar-refractivity contribution in [3.05, 3.63) is 24.3 Å². The third kappa shape index (κ3) is 4.45. The van der Waals surface area contributed by atoms with Crippen LogP contribution in [-0.2, 0) is 14.8 Å². The first-order chi connectivity index (χ1) is 10.9. The summed E-state index contributed by atoms with van der Waals surface area (Å²) in [6.07, 6.45) is 3.34. The van der Waals surface area contributed by atoms with E-state index in [2.05, 4.69) is 5.32 Å². The number of nitrogens with zero attached hydrogens (tertiary/aromatic N) is 1. The Bertz CT molecular complexity index is 620. The molecule has 0 radical (unpaired) electrons. The topological polar surface area (TPSA) is 75.7 Å². The van der Waals surface area contributed by atoms with Crippen LogP contribution in [0.1, 0.15) is 32.6 Å². The average Bonchev–Trinajstić information content (AvgIpc) is 2.84. The van der Waals surface area contributed by atoms with Gasteiger partial charge in [-0.25, -0.2) is 8.42 Å². The van der Waals surface area contributed by atoms with Crippen molar-refractivity contribution >= 4 is 15.9 Å². The maximum atomic E-state index is 12.6. The van der Waals surface area contributed by atoms with Crippen molar-refractivity contribution in [2.45, 2.75) is 43.6 Å². The van der Waals surface area contributed by atoms with Crippen molar-refractivity contribution in [1.82, 2.24) is 9.62 Å². The fourth-order valence-electron chi connectivity index (χ4n) is 2.58. The van der Waals surface area contributed by atoms with Gasteiger partial charge in [0, 0.05) is 20.1 Å². The van der Waals surface area contributed by atoms with E-state index in [0.29, 0.717) is 18.8 Å². The van der Waals surface area contributed by atoms with Crippen LogP contribution in [0.5, 0.6) is 5.75 Å². The lowest BCUT2D eigenvalue weighted by Gasteiger charge is -2.20. The maximum Gasteiger partial charge on any atom is 0.260 e. The predicted octanol–water partition coefficient (Wildman–Crippen LogP) is 1.76. The van der Waals surface area contributed by atoms with Crippen molar-refractivity contribution in [2.24, 2.45) is 0 Å². The molecule has 1 N–H and O–H groups in total. The molecule has 0 aromatic heterocycles. The Morgan fingerprint density at radius 3 is 2.22 bits per heavy atom. The van der Waals surface area contributed by atoms with Gasteiger partial charge in [-0.05, 0) is 44.0 Å². The second kappa shape index (κ2) is 7.79. The van der Waals surface area contributed by atoms with Crippen LogP contribution in [0.15, 0.2) is 29.2 Å². The summed E-state index contributed by atoms with van der Waals surface area (Å²) in [5, 5.41) is 2.50. The van der Waals surface area contributed by atoms with E-state index in [9.17, 15) is 13.2 Å². The number of amides is 1. The van der Waals surface area contributed by atoms with Gasteiger partial charge < -0.3 is 10.1 Å². The van der Waals surface area contributed by atoms with Crippen LogP contribution in [-0.4, -0.2) is 44.9 Å². The lowest BCUT2D eigenvalue weighted by molar-refractivity contribution is -0.126. The van der Waals surface area contributed by atoms with Crippen molar-refractivity contribution in [1.29, 1.82) is 0 Å². The van der Waals surface area contributed by atoms with Crippen molar-refractivity contribution < 1.29 is 17.9 Å². The molecule has 7 heteroatoms. The number of likely N-dealkylation sites (N-methyl/N-ethyl adjacent to an activating group) is 1. The normalized spacial score (nSPS) is 18.0. The maximum absolute atomic E-state index is 12.6. The number of rotatable bonds is 5. The molecule has 2 rings (SSSR count). The third-order valence-electron chi connectivity index (χ3n) is 3.96. The highest BCUT2D eigenvalue weighted by Crippen LogP contribution is 2.22. The first-order valence-electron chi connectivity index (χ1n) is 7.93. The van der Waals surface area contributed by atoms with Crippen molar-refractivity contribution in [3.63, 3.8) is 0 Å². The van der Waals surface area contributed by atoms with Crippen LogP contribution in [0.3, 0.4) is 0 Å². The Hall–Kier alpha value is -1.60. The molecule has 128 valence electrons. The molecule has 1 aliphatic rings. The number of hydrogen-bond donors (Lipinski definition) is 1. The Morgan fingerprint density at radius 1 is 1.13 bits per heavy atom. The monoisotopic (exact) mass is 340 g/mol. The first kappa shape index (κ1) is 17.7. The third-order valence-corrected chi connectivity index (χ3v) is 5.87. The van der Waals surface area contributed by atoms with E-state index in [4.69, 9.17) is 4.74 Å².